The van der Waals surface area contributed by atoms with Crippen LogP contribution in [0.4, 0.5) is 26.3 Å². The maximum Gasteiger partial charge on any atom is 0.411 e. The molecule has 2 nitrogen and oxygen atoms in total. The van der Waals surface area contributed by atoms with Crippen LogP contribution in [0.25, 0.3) is 0 Å². The fraction of sp³-hybridized carbons (Fsp3) is 0.235. The molecule has 0 atom stereocenters. The van der Waals surface area contributed by atoms with Gasteiger partial charge in [-0.05, 0) is 22.3 Å². The summed E-state index contributed by atoms with van der Waals surface area (Å²) in [5.41, 5.74) is -7.49. The topological polar surface area (TPSA) is 37.3 Å². The molecule has 0 bridgehead atoms. The largest absolute Gasteiger partial charge is 0.481 e. The van der Waals surface area contributed by atoms with E-state index in [4.69, 9.17) is 0 Å². The normalized spacial score (nSPS) is 16.9. The number of benzene rings is 2. The number of carboxylic acid groups (broad SMARTS) is 1. The molecule has 0 radical (unpaired) electrons. The first-order valence-corrected chi connectivity index (χ1v) is 7.08. The summed E-state index contributed by atoms with van der Waals surface area (Å²) in [4.78, 5) is 11.6. The summed E-state index contributed by atoms with van der Waals surface area (Å²) < 4.78 is 83.5. The molecule has 1 aliphatic rings. The summed E-state index contributed by atoms with van der Waals surface area (Å²) in [7, 11) is 0. The number of carbonyl (C=O) groups is 1. The zero-order valence-corrected chi connectivity index (χ0v) is 12.3. The highest BCUT2D eigenvalue weighted by Crippen LogP contribution is 2.61. The van der Waals surface area contributed by atoms with Crippen molar-refractivity contribution in [3.05, 3.63) is 70.8 Å². The van der Waals surface area contributed by atoms with Crippen LogP contribution in [0, 0.1) is 0 Å². The van der Waals surface area contributed by atoms with Gasteiger partial charge in [0, 0.05) is 0 Å². The summed E-state index contributed by atoms with van der Waals surface area (Å²) in [5.74, 6) is -3.12. The Hall–Kier alpha value is -2.51. The minimum Gasteiger partial charge on any atom is -0.481 e. The second-order valence-electron chi connectivity index (χ2n) is 5.69. The van der Waals surface area contributed by atoms with Crippen LogP contribution < -0.4 is 0 Å². The van der Waals surface area contributed by atoms with Gasteiger partial charge in [0.25, 0.3) is 0 Å². The van der Waals surface area contributed by atoms with Gasteiger partial charge in [0.2, 0.25) is 5.41 Å². The third-order valence-corrected chi connectivity index (χ3v) is 4.45. The van der Waals surface area contributed by atoms with Crippen LogP contribution in [0.2, 0.25) is 0 Å². The molecule has 0 amide bonds. The predicted octanol–water partition coefficient (Wildman–Crippen LogP) is 4.63. The summed E-state index contributed by atoms with van der Waals surface area (Å²) >= 11 is 0. The van der Waals surface area contributed by atoms with Gasteiger partial charge in [0.15, 0.2) is 0 Å². The Morgan fingerprint density at radius 2 is 1.16 bits per heavy atom. The molecule has 2 aromatic rings. The van der Waals surface area contributed by atoms with E-state index in [0.29, 0.717) is 12.1 Å². The molecule has 8 heteroatoms. The Bertz CT molecular complexity index is 774. The molecule has 25 heavy (non-hydrogen) atoms. The van der Waals surface area contributed by atoms with Crippen molar-refractivity contribution in [1.82, 2.24) is 0 Å². The van der Waals surface area contributed by atoms with Gasteiger partial charge < -0.3 is 5.11 Å². The third-order valence-electron chi connectivity index (χ3n) is 4.45. The molecule has 0 heterocycles. The number of carboxylic acids is 1. The number of alkyl halides is 6. The van der Waals surface area contributed by atoms with Gasteiger partial charge in [0.05, 0.1) is 0 Å². The smallest absolute Gasteiger partial charge is 0.411 e. The molecule has 132 valence electrons. The van der Waals surface area contributed by atoms with E-state index in [1.165, 1.54) is 12.1 Å². The van der Waals surface area contributed by atoms with Crippen LogP contribution >= 0.6 is 0 Å². The fourth-order valence-electron chi connectivity index (χ4n) is 3.53. The van der Waals surface area contributed by atoms with E-state index >= 15 is 0 Å². The second kappa shape index (κ2) is 5.24. The number of aliphatic carboxylic acids is 1. The van der Waals surface area contributed by atoms with Crippen molar-refractivity contribution in [2.45, 2.75) is 23.7 Å². The first kappa shape index (κ1) is 17.3. The number of rotatable bonds is 1. The maximum atomic E-state index is 13.9. The van der Waals surface area contributed by atoms with Gasteiger partial charge in [-0.15, -0.1) is 0 Å². The molecule has 1 aliphatic carbocycles. The summed E-state index contributed by atoms with van der Waals surface area (Å²) in [6.07, 6.45) is -11.4. The second-order valence-corrected chi connectivity index (χ2v) is 5.69. The summed E-state index contributed by atoms with van der Waals surface area (Å²) in [6.45, 7) is 0. The zero-order valence-electron chi connectivity index (χ0n) is 12.3. The standard InChI is InChI=1S/C17H10F6O2/c18-16(19,20)15(17(21,22)23)11-7-3-1-5-9(11)13(14(24)25)10-6-2-4-8-12(10)15/h1-8,13H,(H,24,25). The Morgan fingerprint density at radius 3 is 1.48 bits per heavy atom. The molecule has 0 aliphatic heterocycles. The van der Waals surface area contributed by atoms with Gasteiger partial charge in [-0.1, -0.05) is 48.5 Å². The van der Waals surface area contributed by atoms with Crippen molar-refractivity contribution in [3.63, 3.8) is 0 Å². The predicted molar refractivity (Wildman–Crippen MR) is 75.3 cm³/mol. The Labute approximate surface area is 137 Å². The first-order valence-electron chi connectivity index (χ1n) is 7.08. The molecular formula is C17H10F6O2. The SMILES string of the molecule is O=C(O)C1c2ccccc2C(C(F)(F)F)(C(F)(F)F)c2ccccc21. The van der Waals surface area contributed by atoms with Gasteiger partial charge in [-0.2, -0.15) is 26.3 Å². The van der Waals surface area contributed by atoms with Crippen LogP contribution in [0.1, 0.15) is 28.2 Å². The van der Waals surface area contributed by atoms with Crippen molar-refractivity contribution in [1.29, 1.82) is 0 Å². The van der Waals surface area contributed by atoms with Crippen LogP contribution in [0.3, 0.4) is 0 Å². The minimum absolute atomic E-state index is 0.511. The highest BCUT2D eigenvalue weighted by molar-refractivity contribution is 5.84. The number of hydrogen-bond donors (Lipinski definition) is 1. The highest BCUT2D eigenvalue weighted by Gasteiger charge is 2.75. The van der Waals surface area contributed by atoms with Crippen LogP contribution in [-0.2, 0) is 10.2 Å². The van der Waals surface area contributed by atoms with E-state index in [-0.39, 0.29) is 0 Å². The van der Waals surface area contributed by atoms with Gasteiger partial charge >= 0.3 is 18.3 Å². The summed E-state index contributed by atoms with van der Waals surface area (Å²) in [6, 6.07) is 7.91. The number of hydrogen-bond acceptors (Lipinski definition) is 1. The molecule has 0 saturated heterocycles. The molecule has 0 unspecified atom stereocenters. The van der Waals surface area contributed by atoms with Crippen molar-refractivity contribution >= 4 is 5.97 Å². The van der Waals surface area contributed by atoms with Crippen molar-refractivity contribution in [3.8, 4) is 0 Å². The third kappa shape index (κ3) is 2.16. The lowest BCUT2D eigenvalue weighted by atomic mass is 9.62. The van der Waals surface area contributed by atoms with Crippen molar-refractivity contribution in [2.75, 3.05) is 0 Å². The average Bonchev–Trinajstić information content (AvgIpc) is 2.49. The van der Waals surface area contributed by atoms with E-state index in [9.17, 15) is 36.2 Å². The van der Waals surface area contributed by atoms with Crippen LogP contribution in [0.5, 0.6) is 0 Å². The number of fused-ring (bicyclic) bond motifs is 2. The zero-order chi connectivity index (χ0) is 18.6. The monoisotopic (exact) mass is 360 g/mol. The molecular weight excluding hydrogens is 350 g/mol. The lowest BCUT2D eigenvalue weighted by Gasteiger charge is -2.44. The molecule has 2 aromatic carbocycles. The fourth-order valence-corrected chi connectivity index (χ4v) is 3.53. The van der Waals surface area contributed by atoms with Crippen molar-refractivity contribution < 1.29 is 36.2 Å². The quantitative estimate of drug-likeness (QED) is 0.753. The molecule has 0 fully saturated rings. The molecule has 0 spiro atoms. The van der Waals surface area contributed by atoms with E-state index in [2.05, 4.69) is 0 Å². The van der Waals surface area contributed by atoms with E-state index in [1.807, 2.05) is 0 Å². The average molecular weight is 360 g/mol. The van der Waals surface area contributed by atoms with Gasteiger partial charge in [0.1, 0.15) is 5.92 Å². The lowest BCUT2D eigenvalue weighted by Crippen LogP contribution is -2.57. The Kier molecular flexibility index (Phi) is 3.63. The van der Waals surface area contributed by atoms with E-state index in [1.54, 1.807) is 0 Å². The first-order chi connectivity index (χ1) is 11.5. The number of halogens is 6. The van der Waals surface area contributed by atoms with E-state index in [0.717, 1.165) is 24.3 Å². The minimum atomic E-state index is -5.71. The van der Waals surface area contributed by atoms with Crippen LogP contribution in [0.15, 0.2) is 48.5 Å². The van der Waals surface area contributed by atoms with Crippen molar-refractivity contribution in [2.24, 2.45) is 0 Å². The molecule has 0 saturated carbocycles. The van der Waals surface area contributed by atoms with Gasteiger partial charge in [-0.3, -0.25) is 4.79 Å². The summed E-state index contributed by atoms with van der Waals surface area (Å²) in [5, 5.41) is 9.45. The molecule has 1 N–H and O–H groups in total. The Morgan fingerprint density at radius 1 is 0.800 bits per heavy atom. The Balaban J connectivity index is 2.55. The molecule has 3 rings (SSSR count). The lowest BCUT2D eigenvalue weighted by molar-refractivity contribution is -0.289. The highest BCUT2D eigenvalue weighted by atomic mass is 19.4. The van der Waals surface area contributed by atoms with Crippen LogP contribution in [-0.4, -0.2) is 23.4 Å². The molecule has 0 aromatic heterocycles. The van der Waals surface area contributed by atoms with Gasteiger partial charge in [-0.25, -0.2) is 0 Å². The maximum absolute atomic E-state index is 13.9. The van der Waals surface area contributed by atoms with E-state index < -0.39 is 51.9 Å².